The van der Waals surface area contributed by atoms with Crippen LogP contribution in [-0.4, -0.2) is 33.5 Å². The van der Waals surface area contributed by atoms with Crippen molar-refractivity contribution in [3.05, 3.63) is 124 Å². The Morgan fingerprint density at radius 1 is 0.821 bits per heavy atom. The second-order valence-corrected chi connectivity index (χ2v) is 10.0. The summed E-state index contributed by atoms with van der Waals surface area (Å²) in [6, 6.07) is 24.7. The van der Waals surface area contributed by atoms with Crippen molar-refractivity contribution in [2.45, 2.75) is 12.1 Å². The average Bonchev–Trinajstić information content (AvgIpc) is 3.44. The number of fused-ring (bicyclic) bond motifs is 6. The first kappa shape index (κ1) is 23.0. The quantitative estimate of drug-likeness (QED) is 0.161. The van der Waals surface area contributed by atoms with E-state index in [0.717, 1.165) is 21.9 Å². The number of amides is 2. The number of nitro groups is 1. The van der Waals surface area contributed by atoms with Crippen molar-refractivity contribution in [3.8, 4) is 0 Å². The number of imide groups is 1. The number of ketones is 1. The lowest BCUT2D eigenvalue weighted by atomic mass is 9.83. The second kappa shape index (κ2) is 8.46. The standard InChI is InChI=1S/C31H21N3O5/c35-29(20-10-5-11-21(17-20)34(38)39)28-26-25(27-23-13-4-2-8-19(23)15-16-32(27)28)30(36)33(31(26)37)24-14-6-9-18-7-1-3-12-22(18)24/h1-17,25-28H/t25-,26+,27+,28-/m0/s1. The molecule has 3 aliphatic heterocycles. The minimum Gasteiger partial charge on any atom is -0.358 e. The largest absolute Gasteiger partial charge is 0.358 e. The van der Waals surface area contributed by atoms with Crippen LogP contribution in [0.5, 0.6) is 0 Å². The zero-order valence-corrected chi connectivity index (χ0v) is 20.5. The molecule has 0 radical (unpaired) electrons. The van der Waals surface area contributed by atoms with E-state index in [2.05, 4.69) is 0 Å². The smallest absolute Gasteiger partial charge is 0.270 e. The molecule has 8 nitrogen and oxygen atoms in total. The van der Waals surface area contributed by atoms with Gasteiger partial charge in [-0.2, -0.15) is 0 Å². The normalized spacial score (nSPS) is 23.1. The summed E-state index contributed by atoms with van der Waals surface area (Å²) in [5, 5.41) is 13.1. The van der Waals surface area contributed by atoms with Crippen LogP contribution in [-0.2, 0) is 9.59 Å². The Kier molecular flexibility index (Phi) is 5.00. The molecular formula is C31H21N3O5. The molecule has 0 aromatic heterocycles. The molecule has 190 valence electrons. The Balaban J connectivity index is 1.39. The van der Waals surface area contributed by atoms with Crippen molar-refractivity contribution in [3.63, 3.8) is 0 Å². The van der Waals surface area contributed by atoms with Gasteiger partial charge in [0.25, 0.3) is 5.69 Å². The first-order valence-corrected chi connectivity index (χ1v) is 12.6. The summed E-state index contributed by atoms with van der Waals surface area (Å²) < 4.78 is 0. The maximum atomic E-state index is 14.2. The summed E-state index contributed by atoms with van der Waals surface area (Å²) in [4.78, 5) is 56.4. The highest BCUT2D eigenvalue weighted by molar-refractivity contribution is 6.27. The highest BCUT2D eigenvalue weighted by atomic mass is 16.6. The summed E-state index contributed by atoms with van der Waals surface area (Å²) in [5.74, 6) is -2.97. The number of rotatable bonds is 4. The van der Waals surface area contributed by atoms with Gasteiger partial charge in [0.1, 0.15) is 6.04 Å². The van der Waals surface area contributed by atoms with Crippen molar-refractivity contribution in [2.75, 3.05) is 4.90 Å². The molecule has 0 bridgehead atoms. The van der Waals surface area contributed by atoms with Crippen molar-refractivity contribution in [1.82, 2.24) is 4.90 Å². The minimum absolute atomic E-state index is 0.129. The molecule has 3 aliphatic rings. The van der Waals surface area contributed by atoms with Crippen LogP contribution in [0.25, 0.3) is 16.8 Å². The van der Waals surface area contributed by atoms with E-state index in [-0.39, 0.29) is 17.2 Å². The molecule has 0 spiro atoms. The molecule has 2 amide bonds. The second-order valence-electron chi connectivity index (χ2n) is 10.0. The highest BCUT2D eigenvalue weighted by Gasteiger charge is 2.64. The molecule has 7 rings (SSSR count). The fraction of sp³-hybridized carbons (Fsp3) is 0.129. The first-order valence-electron chi connectivity index (χ1n) is 12.6. The molecule has 39 heavy (non-hydrogen) atoms. The first-order chi connectivity index (χ1) is 19.0. The number of hydrogen-bond donors (Lipinski definition) is 0. The van der Waals surface area contributed by atoms with Crippen LogP contribution in [0.3, 0.4) is 0 Å². The molecule has 4 aromatic rings. The van der Waals surface area contributed by atoms with Crippen LogP contribution in [0.1, 0.15) is 27.5 Å². The van der Waals surface area contributed by atoms with Gasteiger partial charge >= 0.3 is 0 Å². The molecule has 3 heterocycles. The molecule has 4 aromatic carbocycles. The third kappa shape index (κ3) is 3.28. The van der Waals surface area contributed by atoms with E-state index >= 15 is 0 Å². The zero-order chi connectivity index (χ0) is 26.8. The van der Waals surface area contributed by atoms with Gasteiger partial charge in [0.15, 0.2) is 5.78 Å². The number of benzene rings is 4. The van der Waals surface area contributed by atoms with Crippen molar-refractivity contribution < 1.29 is 19.3 Å². The molecule has 2 fully saturated rings. The van der Waals surface area contributed by atoms with E-state index in [0.29, 0.717) is 5.69 Å². The maximum absolute atomic E-state index is 14.2. The number of nitrogens with zero attached hydrogens (tertiary/aromatic N) is 3. The molecule has 2 saturated heterocycles. The third-order valence-electron chi connectivity index (χ3n) is 8.08. The Morgan fingerprint density at radius 2 is 1.54 bits per heavy atom. The molecular weight excluding hydrogens is 494 g/mol. The molecule has 4 atom stereocenters. The molecule has 0 saturated carbocycles. The van der Waals surface area contributed by atoms with E-state index < -0.39 is 40.5 Å². The van der Waals surface area contributed by atoms with Gasteiger partial charge in [0.05, 0.1) is 28.5 Å². The summed E-state index contributed by atoms with van der Waals surface area (Å²) in [7, 11) is 0. The summed E-state index contributed by atoms with van der Waals surface area (Å²) in [5.41, 5.74) is 2.20. The number of carbonyl (C=O) groups excluding carboxylic acids is 3. The fourth-order valence-electron chi connectivity index (χ4n) is 6.44. The van der Waals surface area contributed by atoms with Crippen LogP contribution in [0.2, 0.25) is 0 Å². The lowest BCUT2D eigenvalue weighted by molar-refractivity contribution is -0.384. The van der Waals surface area contributed by atoms with Gasteiger partial charge < -0.3 is 4.90 Å². The SMILES string of the molecule is O=C(c1cccc([N+](=O)[O-])c1)[C@@H]1[C@@H]2C(=O)N(c3cccc4ccccc34)C(=O)[C@@H]2[C@H]2c3ccccc3C=CN12. The Bertz CT molecular complexity index is 1760. The van der Waals surface area contributed by atoms with Gasteiger partial charge in [0, 0.05) is 29.3 Å². The van der Waals surface area contributed by atoms with Crippen LogP contribution in [0.4, 0.5) is 11.4 Å². The number of anilines is 1. The van der Waals surface area contributed by atoms with Crippen LogP contribution in [0.15, 0.2) is 97.2 Å². The monoisotopic (exact) mass is 515 g/mol. The van der Waals surface area contributed by atoms with Crippen LogP contribution >= 0.6 is 0 Å². The van der Waals surface area contributed by atoms with Crippen LogP contribution in [0, 0.1) is 22.0 Å². The predicted molar refractivity (Wildman–Crippen MR) is 145 cm³/mol. The fourth-order valence-corrected chi connectivity index (χ4v) is 6.44. The number of Topliss-reactive ketones (excluding diaryl/α,β-unsaturated/α-hetero) is 1. The Hall–Kier alpha value is -5.11. The van der Waals surface area contributed by atoms with Gasteiger partial charge in [-0.15, -0.1) is 0 Å². The lowest BCUT2D eigenvalue weighted by Gasteiger charge is -2.35. The van der Waals surface area contributed by atoms with E-state index in [1.165, 1.54) is 29.2 Å². The van der Waals surface area contributed by atoms with Crippen molar-refractivity contribution in [1.29, 1.82) is 0 Å². The molecule has 0 N–H and O–H groups in total. The Morgan fingerprint density at radius 3 is 2.38 bits per heavy atom. The average molecular weight is 516 g/mol. The van der Waals surface area contributed by atoms with Crippen molar-refractivity contribution >= 4 is 45.8 Å². The summed E-state index contributed by atoms with van der Waals surface area (Å²) in [6.45, 7) is 0. The van der Waals surface area contributed by atoms with E-state index in [9.17, 15) is 24.5 Å². The number of hydrogen-bond acceptors (Lipinski definition) is 6. The predicted octanol–water partition coefficient (Wildman–Crippen LogP) is 5.15. The lowest BCUT2D eigenvalue weighted by Crippen LogP contribution is -2.44. The number of nitro benzene ring substituents is 1. The third-order valence-corrected chi connectivity index (χ3v) is 8.08. The van der Waals surface area contributed by atoms with Gasteiger partial charge in [-0.1, -0.05) is 72.8 Å². The molecule has 8 heteroatoms. The van der Waals surface area contributed by atoms with E-state index in [4.69, 9.17) is 0 Å². The number of non-ortho nitro benzene ring substituents is 1. The summed E-state index contributed by atoms with van der Waals surface area (Å²) >= 11 is 0. The van der Waals surface area contributed by atoms with Crippen LogP contribution < -0.4 is 4.90 Å². The Labute approximate surface area is 222 Å². The van der Waals surface area contributed by atoms with Crippen molar-refractivity contribution in [2.24, 2.45) is 11.8 Å². The molecule has 0 unspecified atom stereocenters. The molecule has 0 aliphatic carbocycles. The number of carbonyl (C=O) groups is 3. The summed E-state index contributed by atoms with van der Waals surface area (Å²) in [6.07, 6.45) is 3.64. The minimum atomic E-state index is -0.997. The van der Waals surface area contributed by atoms with Gasteiger partial charge in [0.2, 0.25) is 11.8 Å². The maximum Gasteiger partial charge on any atom is 0.270 e. The van der Waals surface area contributed by atoms with Gasteiger partial charge in [-0.25, -0.2) is 4.90 Å². The topological polar surface area (TPSA) is 101 Å². The zero-order valence-electron chi connectivity index (χ0n) is 20.5. The van der Waals surface area contributed by atoms with Gasteiger partial charge in [-0.3, -0.25) is 24.5 Å². The highest BCUT2D eigenvalue weighted by Crippen LogP contribution is 2.54. The van der Waals surface area contributed by atoms with Gasteiger partial charge in [-0.05, 0) is 28.7 Å². The van der Waals surface area contributed by atoms with E-state index in [1.807, 2.05) is 66.7 Å². The van der Waals surface area contributed by atoms with E-state index in [1.54, 1.807) is 17.2 Å².